The van der Waals surface area contributed by atoms with Crippen LogP contribution in [0.25, 0.3) is 0 Å². The molecule has 0 bridgehead atoms. The van der Waals surface area contributed by atoms with Gasteiger partial charge in [0.15, 0.2) is 0 Å². The summed E-state index contributed by atoms with van der Waals surface area (Å²) in [5.41, 5.74) is 2.73. The Labute approximate surface area is 153 Å². The average molecular weight is 357 g/mol. The maximum Gasteiger partial charge on any atom is 0.339 e. The third-order valence-corrected chi connectivity index (χ3v) is 3.97. The van der Waals surface area contributed by atoms with Crippen LogP contribution < -0.4 is 14.8 Å². The van der Waals surface area contributed by atoms with Crippen LogP contribution in [0, 0.1) is 0 Å². The number of hydrogen-bond donors (Lipinski definition) is 1. The molecular formula is C20H23NO5. The lowest BCUT2D eigenvalue weighted by Crippen LogP contribution is -2.12. The molecule has 0 aromatic heterocycles. The highest BCUT2D eigenvalue weighted by atomic mass is 16.5. The van der Waals surface area contributed by atoms with E-state index in [4.69, 9.17) is 14.2 Å². The third kappa shape index (κ3) is 4.75. The molecule has 2 rings (SSSR count). The molecule has 0 spiro atoms. The van der Waals surface area contributed by atoms with Crippen molar-refractivity contribution in [3.63, 3.8) is 0 Å². The van der Waals surface area contributed by atoms with Crippen molar-refractivity contribution in [2.75, 3.05) is 26.6 Å². The van der Waals surface area contributed by atoms with Crippen LogP contribution >= 0.6 is 0 Å². The van der Waals surface area contributed by atoms with Crippen LogP contribution in [0.15, 0.2) is 36.4 Å². The minimum atomic E-state index is -0.491. The third-order valence-electron chi connectivity index (χ3n) is 3.97. The Morgan fingerprint density at radius 2 is 1.73 bits per heavy atom. The van der Waals surface area contributed by atoms with E-state index in [9.17, 15) is 9.59 Å². The summed E-state index contributed by atoms with van der Waals surface area (Å²) < 4.78 is 15.5. The van der Waals surface area contributed by atoms with Crippen molar-refractivity contribution in [1.82, 2.24) is 0 Å². The fraction of sp³-hybridized carbons (Fsp3) is 0.300. The first-order valence-corrected chi connectivity index (χ1v) is 8.18. The number of anilines is 1. The minimum Gasteiger partial charge on any atom is -0.497 e. The summed E-state index contributed by atoms with van der Waals surface area (Å²) in [6, 6.07) is 11.0. The van der Waals surface area contributed by atoms with Crippen molar-refractivity contribution < 1.29 is 23.8 Å². The predicted molar refractivity (Wildman–Crippen MR) is 99.0 cm³/mol. The molecule has 1 amide bonds. The van der Waals surface area contributed by atoms with Crippen LogP contribution in [0.3, 0.4) is 0 Å². The first kappa shape index (κ1) is 19.3. The lowest BCUT2D eigenvalue weighted by molar-refractivity contribution is -0.114. The van der Waals surface area contributed by atoms with Crippen molar-refractivity contribution >= 4 is 17.6 Å². The van der Waals surface area contributed by atoms with E-state index in [1.54, 1.807) is 26.4 Å². The molecule has 0 saturated heterocycles. The second-order valence-electron chi connectivity index (χ2n) is 5.73. The Morgan fingerprint density at radius 3 is 2.35 bits per heavy atom. The Kier molecular flexibility index (Phi) is 6.60. The summed E-state index contributed by atoms with van der Waals surface area (Å²) in [6.45, 7) is 1.39. The summed E-state index contributed by atoms with van der Waals surface area (Å²) in [6.07, 6.45) is 1.40. The van der Waals surface area contributed by atoms with Gasteiger partial charge >= 0.3 is 5.97 Å². The van der Waals surface area contributed by atoms with Gasteiger partial charge in [0, 0.05) is 6.92 Å². The highest BCUT2D eigenvalue weighted by molar-refractivity contribution is 6.00. The molecule has 6 nitrogen and oxygen atoms in total. The van der Waals surface area contributed by atoms with Crippen LogP contribution in [-0.4, -0.2) is 33.2 Å². The molecule has 0 unspecified atom stereocenters. The molecule has 2 aromatic rings. The molecule has 0 saturated carbocycles. The van der Waals surface area contributed by atoms with Crippen LogP contribution in [-0.2, 0) is 22.4 Å². The largest absolute Gasteiger partial charge is 0.497 e. The molecule has 2 aromatic carbocycles. The highest BCUT2D eigenvalue weighted by Gasteiger charge is 2.14. The van der Waals surface area contributed by atoms with Crippen molar-refractivity contribution in [3.05, 3.63) is 53.1 Å². The van der Waals surface area contributed by atoms with Gasteiger partial charge in [-0.15, -0.1) is 0 Å². The van der Waals surface area contributed by atoms with Crippen molar-refractivity contribution in [2.45, 2.75) is 19.8 Å². The van der Waals surface area contributed by atoms with Gasteiger partial charge in [-0.25, -0.2) is 4.79 Å². The van der Waals surface area contributed by atoms with E-state index in [0.717, 1.165) is 22.6 Å². The zero-order valence-corrected chi connectivity index (χ0v) is 15.4. The first-order valence-electron chi connectivity index (χ1n) is 8.18. The van der Waals surface area contributed by atoms with Crippen LogP contribution in [0.1, 0.15) is 28.4 Å². The minimum absolute atomic E-state index is 0.246. The van der Waals surface area contributed by atoms with Gasteiger partial charge in [-0.2, -0.15) is 0 Å². The van der Waals surface area contributed by atoms with Gasteiger partial charge in [-0.05, 0) is 54.3 Å². The summed E-state index contributed by atoms with van der Waals surface area (Å²) in [7, 11) is 4.56. The molecule has 6 heteroatoms. The second kappa shape index (κ2) is 8.89. The van der Waals surface area contributed by atoms with Crippen LogP contribution in [0.4, 0.5) is 5.69 Å². The molecule has 0 aliphatic carbocycles. The molecule has 0 fully saturated rings. The number of aryl methyl sites for hydroxylation is 2. The number of carbonyl (C=O) groups is 2. The normalized spacial score (nSPS) is 10.2. The van der Waals surface area contributed by atoms with Crippen molar-refractivity contribution in [3.8, 4) is 11.5 Å². The van der Waals surface area contributed by atoms with E-state index in [0.29, 0.717) is 24.1 Å². The van der Waals surface area contributed by atoms with E-state index >= 15 is 0 Å². The van der Waals surface area contributed by atoms with Gasteiger partial charge in [-0.3, -0.25) is 4.79 Å². The van der Waals surface area contributed by atoms with Crippen molar-refractivity contribution in [1.29, 1.82) is 0 Å². The second-order valence-corrected chi connectivity index (χ2v) is 5.73. The van der Waals surface area contributed by atoms with Gasteiger partial charge in [0.25, 0.3) is 0 Å². The Bertz CT molecular complexity index is 801. The smallest absolute Gasteiger partial charge is 0.339 e. The van der Waals surface area contributed by atoms with Gasteiger partial charge in [0.2, 0.25) is 5.91 Å². The van der Waals surface area contributed by atoms with Crippen LogP contribution in [0.5, 0.6) is 11.5 Å². The number of amides is 1. The van der Waals surface area contributed by atoms with E-state index < -0.39 is 5.97 Å². The molecule has 0 aliphatic heterocycles. The zero-order chi connectivity index (χ0) is 19.1. The van der Waals surface area contributed by atoms with E-state index in [1.807, 2.05) is 24.3 Å². The van der Waals surface area contributed by atoms with Crippen molar-refractivity contribution in [2.24, 2.45) is 0 Å². The Balaban J connectivity index is 2.25. The predicted octanol–water partition coefficient (Wildman–Crippen LogP) is 3.23. The maximum absolute atomic E-state index is 12.0. The standard InChI is InChI=1S/C20H23NO5/c1-13(22)21-18-9-6-14(11-17(18)20(23)26-4)5-7-15-12-16(24-2)8-10-19(15)25-3/h6,8-12H,5,7H2,1-4H3,(H,21,22). The molecule has 138 valence electrons. The number of methoxy groups -OCH3 is 3. The molecule has 0 atom stereocenters. The fourth-order valence-corrected chi connectivity index (χ4v) is 2.68. The Hall–Kier alpha value is -3.02. The maximum atomic E-state index is 12.0. The molecule has 0 radical (unpaired) electrons. The van der Waals surface area contributed by atoms with Gasteiger partial charge in [-0.1, -0.05) is 6.07 Å². The molecule has 1 N–H and O–H groups in total. The highest BCUT2D eigenvalue weighted by Crippen LogP contribution is 2.26. The number of carbonyl (C=O) groups excluding carboxylic acids is 2. The van der Waals surface area contributed by atoms with E-state index in [2.05, 4.69) is 5.32 Å². The fourth-order valence-electron chi connectivity index (χ4n) is 2.68. The van der Waals surface area contributed by atoms with Gasteiger partial charge in [0.05, 0.1) is 32.6 Å². The summed E-state index contributed by atoms with van der Waals surface area (Å²) in [5.74, 6) is 0.810. The average Bonchev–Trinajstić information content (AvgIpc) is 2.65. The number of nitrogens with one attached hydrogen (secondary N) is 1. The summed E-state index contributed by atoms with van der Waals surface area (Å²) in [4.78, 5) is 23.3. The lowest BCUT2D eigenvalue weighted by atomic mass is 10.0. The summed E-state index contributed by atoms with van der Waals surface area (Å²) in [5, 5.41) is 2.65. The van der Waals surface area contributed by atoms with E-state index in [1.165, 1.54) is 14.0 Å². The number of hydrogen-bond acceptors (Lipinski definition) is 5. The van der Waals surface area contributed by atoms with E-state index in [-0.39, 0.29) is 5.91 Å². The molecular weight excluding hydrogens is 334 g/mol. The number of rotatable bonds is 7. The quantitative estimate of drug-likeness (QED) is 0.770. The molecule has 26 heavy (non-hydrogen) atoms. The Morgan fingerprint density at radius 1 is 0.962 bits per heavy atom. The molecule has 0 heterocycles. The number of benzene rings is 2. The SMILES string of the molecule is COC(=O)c1cc(CCc2cc(OC)ccc2OC)ccc1NC(C)=O. The van der Waals surface area contributed by atoms with Gasteiger partial charge < -0.3 is 19.5 Å². The first-order chi connectivity index (χ1) is 12.5. The molecule has 0 aliphatic rings. The van der Waals surface area contributed by atoms with Gasteiger partial charge in [0.1, 0.15) is 11.5 Å². The number of ether oxygens (including phenoxy) is 3. The number of esters is 1. The topological polar surface area (TPSA) is 73.9 Å². The lowest BCUT2D eigenvalue weighted by Gasteiger charge is -2.12. The zero-order valence-electron chi connectivity index (χ0n) is 15.4. The summed E-state index contributed by atoms with van der Waals surface area (Å²) >= 11 is 0. The monoisotopic (exact) mass is 357 g/mol. The van der Waals surface area contributed by atoms with Crippen LogP contribution in [0.2, 0.25) is 0 Å².